The van der Waals surface area contributed by atoms with Crippen LogP contribution >= 0.6 is 0 Å². The maximum Gasteiger partial charge on any atom is 0.319 e. The molecule has 1 heterocycles. The fourth-order valence-corrected chi connectivity index (χ4v) is 3.18. The van der Waals surface area contributed by atoms with Crippen molar-refractivity contribution in [1.82, 2.24) is 20.3 Å². The second-order valence-corrected chi connectivity index (χ2v) is 6.25. The van der Waals surface area contributed by atoms with Gasteiger partial charge in [-0.05, 0) is 49.1 Å². The van der Waals surface area contributed by atoms with Crippen molar-refractivity contribution in [3.63, 3.8) is 0 Å². The van der Waals surface area contributed by atoms with Crippen LogP contribution in [0.25, 0.3) is 5.69 Å². The van der Waals surface area contributed by atoms with Crippen molar-refractivity contribution in [3.05, 3.63) is 72.6 Å². The molecule has 6 heteroatoms. The monoisotopic (exact) mass is 333 g/mol. The molecule has 1 saturated carbocycles. The van der Waals surface area contributed by atoms with Gasteiger partial charge < -0.3 is 10.6 Å². The Balaban J connectivity index is 1.43. The van der Waals surface area contributed by atoms with E-state index in [1.54, 1.807) is 12.4 Å². The number of urea groups is 1. The van der Waals surface area contributed by atoms with Gasteiger partial charge in [0.1, 0.15) is 0 Å². The molecule has 25 heavy (non-hydrogen) atoms. The molecule has 2 amide bonds. The summed E-state index contributed by atoms with van der Waals surface area (Å²) in [4.78, 5) is 14.0. The Hall–Kier alpha value is -3.15. The molecule has 0 atom stereocenters. The molecule has 0 radical (unpaired) electrons. The van der Waals surface area contributed by atoms with E-state index in [0.717, 1.165) is 36.2 Å². The molecule has 0 spiro atoms. The number of anilines is 1. The third-order valence-electron chi connectivity index (χ3n) is 4.66. The van der Waals surface area contributed by atoms with Gasteiger partial charge in [0.2, 0.25) is 0 Å². The Morgan fingerprint density at radius 2 is 1.64 bits per heavy atom. The zero-order valence-corrected chi connectivity index (χ0v) is 13.7. The van der Waals surface area contributed by atoms with Crippen LogP contribution in [-0.2, 0) is 5.54 Å². The van der Waals surface area contributed by atoms with Crippen molar-refractivity contribution in [2.75, 3.05) is 5.32 Å². The first kappa shape index (κ1) is 15.4. The number of aromatic nitrogens is 3. The van der Waals surface area contributed by atoms with Crippen LogP contribution in [0, 0.1) is 0 Å². The van der Waals surface area contributed by atoms with Crippen LogP contribution < -0.4 is 10.6 Å². The molecule has 4 rings (SSSR count). The first-order valence-electron chi connectivity index (χ1n) is 8.37. The molecule has 0 aliphatic heterocycles. The number of carbonyl (C=O) groups is 1. The molecule has 0 unspecified atom stereocenters. The minimum Gasteiger partial charge on any atom is -0.328 e. The van der Waals surface area contributed by atoms with Gasteiger partial charge in [0, 0.05) is 5.69 Å². The summed E-state index contributed by atoms with van der Waals surface area (Å²) in [5.41, 5.74) is 2.49. The Morgan fingerprint density at radius 1 is 0.960 bits per heavy atom. The van der Waals surface area contributed by atoms with E-state index in [1.165, 1.54) is 4.80 Å². The van der Waals surface area contributed by atoms with E-state index < -0.39 is 0 Å². The van der Waals surface area contributed by atoms with Crippen LogP contribution in [0.3, 0.4) is 0 Å². The predicted molar refractivity (Wildman–Crippen MR) is 95.5 cm³/mol. The number of amides is 2. The molecule has 6 nitrogen and oxygen atoms in total. The summed E-state index contributed by atoms with van der Waals surface area (Å²) in [6, 6.07) is 17.4. The van der Waals surface area contributed by atoms with E-state index in [1.807, 2.05) is 42.5 Å². The van der Waals surface area contributed by atoms with E-state index in [4.69, 9.17) is 0 Å². The van der Waals surface area contributed by atoms with Crippen LogP contribution in [0.4, 0.5) is 10.5 Å². The lowest BCUT2D eigenvalue weighted by atomic mass is 9.72. The highest BCUT2D eigenvalue weighted by molar-refractivity contribution is 5.90. The zero-order valence-electron chi connectivity index (χ0n) is 13.7. The van der Waals surface area contributed by atoms with Crippen molar-refractivity contribution < 1.29 is 4.79 Å². The molecule has 2 aromatic carbocycles. The minimum atomic E-state index is -0.246. The van der Waals surface area contributed by atoms with E-state index in [9.17, 15) is 4.79 Å². The Kier molecular flexibility index (Phi) is 3.93. The van der Waals surface area contributed by atoms with Gasteiger partial charge in [-0.25, -0.2) is 4.79 Å². The smallest absolute Gasteiger partial charge is 0.319 e. The second kappa shape index (κ2) is 6.39. The van der Waals surface area contributed by atoms with Gasteiger partial charge >= 0.3 is 6.03 Å². The fourth-order valence-electron chi connectivity index (χ4n) is 3.18. The number of benzene rings is 2. The first-order chi connectivity index (χ1) is 12.3. The quantitative estimate of drug-likeness (QED) is 0.768. The predicted octanol–water partition coefficient (Wildman–Crippen LogP) is 3.47. The van der Waals surface area contributed by atoms with Crippen LogP contribution in [0.1, 0.15) is 24.8 Å². The minimum absolute atomic E-state index is 0.187. The lowest BCUT2D eigenvalue weighted by Crippen LogP contribution is -2.52. The summed E-state index contributed by atoms with van der Waals surface area (Å²) in [5, 5.41) is 14.2. The summed E-state index contributed by atoms with van der Waals surface area (Å²) in [6.07, 6.45) is 6.31. The van der Waals surface area contributed by atoms with Crippen molar-refractivity contribution in [2.24, 2.45) is 0 Å². The van der Waals surface area contributed by atoms with Crippen molar-refractivity contribution in [2.45, 2.75) is 24.8 Å². The molecule has 0 bridgehead atoms. The highest BCUT2D eigenvalue weighted by Gasteiger charge is 2.39. The van der Waals surface area contributed by atoms with E-state index >= 15 is 0 Å². The topological polar surface area (TPSA) is 71.8 Å². The summed E-state index contributed by atoms with van der Waals surface area (Å²) < 4.78 is 0. The molecular formula is C19H19N5O. The lowest BCUT2D eigenvalue weighted by Gasteiger charge is -2.43. The van der Waals surface area contributed by atoms with Crippen LogP contribution in [0.2, 0.25) is 0 Å². The SMILES string of the molecule is O=C(Nc1ccc(-n2nccn2)cc1)NC1(c2ccccc2)CCC1. The first-order valence-corrected chi connectivity index (χ1v) is 8.37. The largest absolute Gasteiger partial charge is 0.328 e. The molecule has 2 N–H and O–H groups in total. The lowest BCUT2D eigenvalue weighted by molar-refractivity contribution is 0.185. The number of nitrogens with zero attached hydrogens (tertiary/aromatic N) is 3. The highest BCUT2D eigenvalue weighted by Crippen LogP contribution is 2.41. The average molecular weight is 333 g/mol. The van der Waals surface area contributed by atoms with Crippen molar-refractivity contribution in [3.8, 4) is 5.69 Å². The summed E-state index contributed by atoms with van der Waals surface area (Å²) in [6.45, 7) is 0. The number of hydrogen-bond donors (Lipinski definition) is 2. The van der Waals surface area contributed by atoms with Gasteiger partial charge in [-0.1, -0.05) is 30.3 Å². The van der Waals surface area contributed by atoms with Crippen molar-refractivity contribution in [1.29, 1.82) is 0 Å². The van der Waals surface area contributed by atoms with Crippen LogP contribution in [0.5, 0.6) is 0 Å². The maximum atomic E-state index is 12.5. The van der Waals surface area contributed by atoms with E-state index in [-0.39, 0.29) is 11.6 Å². The molecule has 1 aliphatic rings. The number of carbonyl (C=O) groups excluding carboxylic acids is 1. The number of rotatable bonds is 4. The third-order valence-corrected chi connectivity index (χ3v) is 4.66. The number of nitrogens with one attached hydrogen (secondary N) is 2. The van der Waals surface area contributed by atoms with Gasteiger partial charge in [-0.15, -0.1) is 0 Å². The van der Waals surface area contributed by atoms with Gasteiger partial charge in [0.05, 0.1) is 23.6 Å². The molecule has 1 aliphatic carbocycles. The van der Waals surface area contributed by atoms with Crippen LogP contribution in [-0.4, -0.2) is 21.0 Å². The Morgan fingerprint density at radius 3 is 2.24 bits per heavy atom. The molecule has 1 fully saturated rings. The van der Waals surface area contributed by atoms with Gasteiger partial charge in [0.15, 0.2) is 0 Å². The van der Waals surface area contributed by atoms with E-state index in [0.29, 0.717) is 0 Å². The number of hydrogen-bond acceptors (Lipinski definition) is 3. The van der Waals surface area contributed by atoms with Gasteiger partial charge in [0.25, 0.3) is 0 Å². The molecular weight excluding hydrogens is 314 g/mol. The molecule has 126 valence electrons. The average Bonchev–Trinajstić information content (AvgIpc) is 3.14. The molecule has 3 aromatic rings. The second-order valence-electron chi connectivity index (χ2n) is 6.25. The Bertz CT molecular complexity index is 839. The molecule has 1 aromatic heterocycles. The highest BCUT2D eigenvalue weighted by atomic mass is 16.2. The standard InChI is InChI=1S/C19H19N5O/c25-18(23-19(11-4-12-19)15-5-2-1-3-6-15)22-16-7-9-17(10-8-16)24-20-13-14-21-24/h1-3,5-10,13-14H,4,11-12H2,(H2,22,23,25). The fraction of sp³-hybridized carbons (Fsp3) is 0.211. The molecule has 0 saturated heterocycles. The van der Waals surface area contributed by atoms with Crippen molar-refractivity contribution >= 4 is 11.7 Å². The summed E-state index contributed by atoms with van der Waals surface area (Å²) >= 11 is 0. The van der Waals surface area contributed by atoms with Gasteiger partial charge in [-0.3, -0.25) is 0 Å². The Labute approximate surface area is 145 Å². The zero-order chi connectivity index (χ0) is 17.1. The normalized spacial score (nSPS) is 15.2. The van der Waals surface area contributed by atoms with Crippen LogP contribution in [0.15, 0.2) is 67.0 Å². The summed E-state index contributed by atoms with van der Waals surface area (Å²) in [7, 11) is 0. The maximum absolute atomic E-state index is 12.5. The van der Waals surface area contributed by atoms with Gasteiger partial charge in [-0.2, -0.15) is 15.0 Å². The van der Waals surface area contributed by atoms with E-state index in [2.05, 4.69) is 33.0 Å². The third kappa shape index (κ3) is 3.10. The summed E-state index contributed by atoms with van der Waals surface area (Å²) in [5.74, 6) is 0.